The van der Waals surface area contributed by atoms with Crippen LogP contribution in [0.25, 0.3) is 0 Å². The number of amides is 1. The minimum atomic E-state index is -1.02. The van der Waals surface area contributed by atoms with Crippen molar-refractivity contribution in [1.82, 2.24) is 0 Å². The fourth-order valence-electron chi connectivity index (χ4n) is 2.39. The molecular weight excluding hydrogens is 306 g/mol. The molecule has 3 rings (SSSR count). The topological polar surface area (TPSA) is 82.3 Å². The summed E-state index contributed by atoms with van der Waals surface area (Å²) in [5.74, 6) is -1.76. The van der Waals surface area contributed by atoms with Crippen LogP contribution in [0, 0.1) is 5.92 Å². The van der Waals surface area contributed by atoms with Crippen LogP contribution >= 0.6 is 0 Å². The van der Waals surface area contributed by atoms with Crippen molar-refractivity contribution in [3.63, 3.8) is 0 Å². The number of hydrogen-bond donors (Lipinski definition) is 1. The Labute approximate surface area is 138 Å². The third-order valence-electron chi connectivity index (χ3n) is 3.65. The maximum atomic E-state index is 12.5. The van der Waals surface area contributed by atoms with Crippen LogP contribution in [0.4, 0.5) is 11.4 Å². The number of carbonyl (C=O) groups excluding carboxylic acids is 1. The Bertz CT molecular complexity index is 844. The van der Waals surface area contributed by atoms with Crippen LogP contribution in [-0.2, 0) is 4.79 Å². The van der Waals surface area contributed by atoms with E-state index in [9.17, 15) is 9.59 Å². The number of carboxylic acid groups (broad SMARTS) is 1. The van der Waals surface area contributed by atoms with E-state index in [2.05, 4.69) is 10.1 Å². The molecule has 120 valence electrons. The molecule has 0 bridgehead atoms. The van der Waals surface area contributed by atoms with Gasteiger partial charge in [-0.25, -0.2) is 4.79 Å². The van der Waals surface area contributed by atoms with Gasteiger partial charge in [0.2, 0.25) is 0 Å². The second-order valence-corrected chi connectivity index (χ2v) is 5.34. The summed E-state index contributed by atoms with van der Waals surface area (Å²) in [4.78, 5) is 27.8. The predicted molar refractivity (Wildman–Crippen MR) is 92.1 cm³/mol. The summed E-state index contributed by atoms with van der Waals surface area (Å²) in [6, 6.07) is 15.4. The van der Waals surface area contributed by atoms with Crippen LogP contribution in [0.3, 0.4) is 0 Å². The highest BCUT2D eigenvalue weighted by atomic mass is 16.4. The highest BCUT2D eigenvalue weighted by molar-refractivity contribution is 6.23. The van der Waals surface area contributed by atoms with Crippen LogP contribution in [0.5, 0.6) is 0 Å². The minimum absolute atomic E-state index is 0.152. The number of anilines is 1. The lowest BCUT2D eigenvalue weighted by molar-refractivity contribution is -0.118. The third-order valence-corrected chi connectivity index (χ3v) is 3.65. The molecule has 0 spiro atoms. The minimum Gasteiger partial charge on any atom is -0.478 e. The Morgan fingerprint density at radius 1 is 1.21 bits per heavy atom. The molecule has 0 aliphatic carbocycles. The summed E-state index contributed by atoms with van der Waals surface area (Å²) in [7, 11) is 0. The number of hydrazone groups is 1. The van der Waals surface area contributed by atoms with Gasteiger partial charge >= 0.3 is 5.97 Å². The molecule has 0 aromatic heterocycles. The zero-order chi connectivity index (χ0) is 17.1. The van der Waals surface area contributed by atoms with Crippen molar-refractivity contribution < 1.29 is 14.7 Å². The normalized spacial score (nSPS) is 17.4. The van der Waals surface area contributed by atoms with Crippen LogP contribution in [0.15, 0.2) is 64.7 Å². The molecule has 1 aliphatic rings. The van der Waals surface area contributed by atoms with E-state index >= 15 is 0 Å². The molecule has 0 fully saturated rings. The molecule has 1 N–H and O–H groups in total. The Morgan fingerprint density at radius 2 is 1.96 bits per heavy atom. The number of carbonyl (C=O) groups is 2. The van der Waals surface area contributed by atoms with Gasteiger partial charge in [-0.05, 0) is 37.3 Å². The number of para-hydroxylation sites is 1. The van der Waals surface area contributed by atoms with Crippen molar-refractivity contribution in [3.05, 3.63) is 60.2 Å². The standard InChI is InChI=1S/C18H15N3O3/c1-12-16(11-19-14-7-5-6-13(10-14)18(23)24)17(22)21(20-12)15-8-3-2-4-9-15/h2-11,16H,1H3,(H,23,24)/t16-/m0/s1. The predicted octanol–water partition coefficient (Wildman–Crippen LogP) is 3.13. The summed E-state index contributed by atoms with van der Waals surface area (Å²) >= 11 is 0. The number of nitrogens with zero attached hydrogens (tertiary/aromatic N) is 3. The summed E-state index contributed by atoms with van der Waals surface area (Å²) in [6.45, 7) is 1.77. The smallest absolute Gasteiger partial charge is 0.335 e. The molecule has 1 atom stereocenters. The van der Waals surface area contributed by atoms with Gasteiger partial charge in [0, 0.05) is 6.21 Å². The quantitative estimate of drug-likeness (QED) is 0.878. The number of aliphatic imine (C=N–C) groups is 1. The second kappa shape index (κ2) is 6.45. The van der Waals surface area contributed by atoms with E-state index in [0.717, 1.165) is 0 Å². The molecule has 2 aromatic rings. The number of hydrogen-bond acceptors (Lipinski definition) is 4. The van der Waals surface area contributed by atoms with Gasteiger partial charge in [0.05, 0.1) is 22.6 Å². The number of aromatic carboxylic acids is 1. The molecule has 2 aromatic carbocycles. The van der Waals surface area contributed by atoms with Crippen LogP contribution < -0.4 is 5.01 Å². The highest BCUT2D eigenvalue weighted by Crippen LogP contribution is 2.23. The van der Waals surface area contributed by atoms with E-state index in [1.54, 1.807) is 19.1 Å². The van der Waals surface area contributed by atoms with Crippen molar-refractivity contribution in [2.45, 2.75) is 6.92 Å². The van der Waals surface area contributed by atoms with Gasteiger partial charge in [0.25, 0.3) is 5.91 Å². The van der Waals surface area contributed by atoms with E-state index in [1.165, 1.54) is 23.4 Å². The Kier molecular flexibility index (Phi) is 4.20. The molecule has 1 amide bonds. The monoisotopic (exact) mass is 321 g/mol. The maximum Gasteiger partial charge on any atom is 0.335 e. The SMILES string of the molecule is CC1=NN(c2ccccc2)C(=O)[C@H]1C=Nc1cccc(C(=O)O)c1. The number of benzene rings is 2. The second-order valence-electron chi connectivity index (χ2n) is 5.34. The van der Waals surface area contributed by atoms with Crippen molar-refractivity contribution >= 4 is 35.2 Å². The fourth-order valence-corrected chi connectivity index (χ4v) is 2.39. The van der Waals surface area contributed by atoms with E-state index in [-0.39, 0.29) is 11.5 Å². The first-order valence-electron chi connectivity index (χ1n) is 7.38. The molecule has 1 heterocycles. The molecule has 6 nitrogen and oxygen atoms in total. The van der Waals surface area contributed by atoms with Gasteiger partial charge in [-0.2, -0.15) is 10.1 Å². The average Bonchev–Trinajstić information content (AvgIpc) is 2.88. The van der Waals surface area contributed by atoms with Crippen LogP contribution in [0.2, 0.25) is 0 Å². The van der Waals surface area contributed by atoms with Crippen molar-refractivity contribution in [1.29, 1.82) is 0 Å². The lowest BCUT2D eigenvalue weighted by atomic mass is 10.1. The largest absolute Gasteiger partial charge is 0.478 e. The van der Waals surface area contributed by atoms with Gasteiger partial charge < -0.3 is 5.11 Å². The fraction of sp³-hybridized carbons (Fsp3) is 0.111. The number of rotatable bonds is 4. The summed E-state index contributed by atoms with van der Waals surface area (Å²) in [5.41, 5.74) is 1.97. The molecule has 0 saturated carbocycles. The average molecular weight is 321 g/mol. The van der Waals surface area contributed by atoms with Gasteiger partial charge in [-0.3, -0.25) is 9.79 Å². The van der Waals surface area contributed by atoms with E-state index in [4.69, 9.17) is 5.11 Å². The molecule has 24 heavy (non-hydrogen) atoms. The van der Waals surface area contributed by atoms with Gasteiger partial charge in [-0.15, -0.1) is 0 Å². The van der Waals surface area contributed by atoms with Crippen molar-refractivity contribution in [3.8, 4) is 0 Å². The van der Waals surface area contributed by atoms with E-state index in [0.29, 0.717) is 17.1 Å². The zero-order valence-corrected chi connectivity index (χ0v) is 13.0. The third kappa shape index (κ3) is 3.08. The Morgan fingerprint density at radius 3 is 2.67 bits per heavy atom. The first-order valence-corrected chi connectivity index (χ1v) is 7.38. The molecule has 0 unspecified atom stereocenters. The summed E-state index contributed by atoms with van der Waals surface area (Å²) in [5, 5.41) is 14.7. The zero-order valence-electron chi connectivity index (χ0n) is 13.0. The maximum absolute atomic E-state index is 12.5. The van der Waals surface area contributed by atoms with Crippen molar-refractivity contribution in [2.24, 2.45) is 16.0 Å². The van der Waals surface area contributed by atoms with Gasteiger partial charge in [-0.1, -0.05) is 24.3 Å². The van der Waals surface area contributed by atoms with Crippen LogP contribution in [0.1, 0.15) is 17.3 Å². The van der Waals surface area contributed by atoms with Crippen molar-refractivity contribution in [2.75, 3.05) is 5.01 Å². The van der Waals surface area contributed by atoms with E-state index in [1.807, 2.05) is 30.3 Å². The Hall–Kier alpha value is -3.28. The highest BCUT2D eigenvalue weighted by Gasteiger charge is 2.33. The first kappa shape index (κ1) is 15.6. The lowest BCUT2D eigenvalue weighted by Crippen LogP contribution is -2.27. The Balaban J connectivity index is 1.81. The number of carboxylic acids is 1. The van der Waals surface area contributed by atoms with Gasteiger partial charge in [0.15, 0.2) is 0 Å². The molecular formula is C18H15N3O3. The van der Waals surface area contributed by atoms with E-state index < -0.39 is 11.9 Å². The molecule has 1 aliphatic heterocycles. The lowest BCUT2D eigenvalue weighted by Gasteiger charge is -2.12. The summed E-state index contributed by atoms with van der Waals surface area (Å²) < 4.78 is 0. The first-order chi connectivity index (χ1) is 11.6. The summed E-state index contributed by atoms with van der Waals surface area (Å²) in [6.07, 6.45) is 1.51. The van der Waals surface area contributed by atoms with Gasteiger partial charge in [0.1, 0.15) is 5.92 Å². The van der Waals surface area contributed by atoms with Crippen LogP contribution in [-0.4, -0.2) is 28.9 Å². The molecule has 0 saturated heterocycles. The molecule has 0 radical (unpaired) electrons. The molecule has 6 heteroatoms.